The molecule has 2 atom stereocenters. The maximum Gasteiger partial charge on any atom is 0.410 e. The van der Waals surface area contributed by atoms with Crippen LogP contribution in [0.4, 0.5) is 4.79 Å². The molecule has 0 aliphatic carbocycles. The molecule has 1 unspecified atom stereocenters. The Hall–Kier alpha value is -3.18. The zero-order valence-corrected chi connectivity index (χ0v) is 23.0. The summed E-state index contributed by atoms with van der Waals surface area (Å²) in [5.41, 5.74) is 1.79. The molecule has 0 saturated carbocycles. The summed E-state index contributed by atoms with van der Waals surface area (Å²) in [5, 5.41) is 2.34. The lowest BCUT2D eigenvalue weighted by Gasteiger charge is -2.35. The van der Waals surface area contributed by atoms with E-state index in [1.165, 1.54) is 4.57 Å². The molecule has 1 N–H and O–H groups in total. The number of nitrogens with one attached hydrogen (secondary N) is 1. The first kappa shape index (κ1) is 27.8. The molecule has 11 nitrogen and oxygen atoms in total. The standard InChI is InChI=1S/C27H39N5O6/c1-27(2,3)38-26(36)29(4)16-19-17-31(13-14-37-19)12-6-7-18-8-9-20-22(15-18)30(5)25(35)32(20)21-10-11-23(33)28-24(21)34/h8-9,15,19,21H,6-7,10-14,16-17H2,1-5H3,(H,28,33,34)/t19-,21?/m1/s1. The van der Waals surface area contributed by atoms with E-state index in [1.54, 1.807) is 23.6 Å². The largest absolute Gasteiger partial charge is 0.444 e. The van der Waals surface area contributed by atoms with Gasteiger partial charge in [-0.25, -0.2) is 9.59 Å². The summed E-state index contributed by atoms with van der Waals surface area (Å²) < 4.78 is 14.4. The predicted molar refractivity (Wildman–Crippen MR) is 142 cm³/mol. The third-order valence-electron chi connectivity index (χ3n) is 7.02. The molecule has 3 heterocycles. The molecule has 3 amide bonds. The third kappa shape index (κ3) is 6.44. The number of nitrogens with zero attached hydrogens (tertiary/aromatic N) is 4. The molecule has 38 heavy (non-hydrogen) atoms. The molecule has 208 valence electrons. The highest BCUT2D eigenvalue weighted by molar-refractivity contribution is 6.00. The Morgan fingerprint density at radius 3 is 2.68 bits per heavy atom. The smallest absolute Gasteiger partial charge is 0.410 e. The van der Waals surface area contributed by atoms with Crippen LogP contribution in [-0.2, 0) is 32.5 Å². The van der Waals surface area contributed by atoms with Gasteiger partial charge in [-0.1, -0.05) is 6.07 Å². The number of carbonyl (C=O) groups excluding carboxylic acids is 3. The number of aryl methyl sites for hydroxylation is 2. The van der Waals surface area contributed by atoms with Crippen LogP contribution in [0.1, 0.15) is 51.6 Å². The number of hydrogen-bond acceptors (Lipinski definition) is 7. The van der Waals surface area contributed by atoms with Gasteiger partial charge in [0.25, 0.3) is 0 Å². The van der Waals surface area contributed by atoms with Gasteiger partial charge in [0.15, 0.2) is 0 Å². The fraction of sp³-hybridized carbons (Fsp3) is 0.630. The molecular formula is C27H39N5O6. The highest BCUT2D eigenvalue weighted by Crippen LogP contribution is 2.24. The fourth-order valence-electron chi connectivity index (χ4n) is 5.11. The number of morpholine rings is 1. The van der Waals surface area contributed by atoms with Crippen molar-refractivity contribution in [2.24, 2.45) is 7.05 Å². The van der Waals surface area contributed by atoms with Crippen LogP contribution in [0.25, 0.3) is 11.0 Å². The number of amides is 3. The van der Waals surface area contributed by atoms with E-state index < -0.39 is 17.6 Å². The van der Waals surface area contributed by atoms with Gasteiger partial charge >= 0.3 is 11.8 Å². The molecule has 0 bridgehead atoms. The molecule has 2 aliphatic heterocycles. The average Bonchev–Trinajstić information content (AvgIpc) is 3.08. The minimum atomic E-state index is -0.682. The number of fused-ring (bicyclic) bond motifs is 1. The maximum atomic E-state index is 13.0. The Labute approximate surface area is 222 Å². The Kier molecular flexibility index (Phi) is 8.27. The first-order chi connectivity index (χ1) is 17.9. The summed E-state index contributed by atoms with van der Waals surface area (Å²) in [7, 11) is 3.44. The Morgan fingerprint density at radius 1 is 1.21 bits per heavy atom. The van der Waals surface area contributed by atoms with Gasteiger partial charge in [0.1, 0.15) is 11.6 Å². The van der Waals surface area contributed by atoms with Gasteiger partial charge in [-0.3, -0.25) is 28.9 Å². The van der Waals surface area contributed by atoms with Crippen LogP contribution < -0.4 is 11.0 Å². The van der Waals surface area contributed by atoms with Crippen LogP contribution in [0.15, 0.2) is 23.0 Å². The number of carbonyl (C=O) groups is 3. The second-order valence-corrected chi connectivity index (χ2v) is 11.3. The van der Waals surface area contributed by atoms with E-state index in [4.69, 9.17) is 9.47 Å². The van der Waals surface area contributed by atoms with Crippen molar-refractivity contribution >= 4 is 28.9 Å². The van der Waals surface area contributed by atoms with E-state index in [9.17, 15) is 19.2 Å². The second-order valence-electron chi connectivity index (χ2n) is 11.3. The van der Waals surface area contributed by atoms with Crippen molar-refractivity contribution < 1.29 is 23.9 Å². The van der Waals surface area contributed by atoms with E-state index in [0.29, 0.717) is 25.1 Å². The highest BCUT2D eigenvalue weighted by Gasteiger charge is 2.31. The van der Waals surface area contributed by atoms with E-state index in [0.717, 1.165) is 43.6 Å². The molecule has 0 radical (unpaired) electrons. The molecule has 0 spiro atoms. The van der Waals surface area contributed by atoms with Gasteiger partial charge in [-0.05, 0) is 64.3 Å². The number of imidazole rings is 1. The molecule has 2 aromatic rings. The van der Waals surface area contributed by atoms with Crippen molar-refractivity contribution in [2.45, 2.75) is 64.2 Å². The molecule has 1 aromatic heterocycles. The zero-order valence-electron chi connectivity index (χ0n) is 23.0. The first-order valence-corrected chi connectivity index (χ1v) is 13.2. The SMILES string of the molecule is CN(C[C@@H]1CN(CCCc2ccc3c(c2)n(C)c(=O)n3C2CCC(=O)NC2=O)CCO1)C(=O)OC(C)(C)C. The van der Waals surface area contributed by atoms with Crippen LogP contribution in [-0.4, -0.2) is 88.4 Å². The molecule has 4 rings (SSSR count). The summed E-state index contributed by atoms with van der Waals surface area (Å²) in [5.74, 6) is -0.732. The fourth-order valence-corrected chi connectivity index (χ4v) is 5.11. The van der Waals surface area contributed by atoms with Crippen molar-refractivity contribution in [1.82, 2.24) is 24.3 Å². The lowest BCUT2D eigenvalue weighted by Crippen LogP contribution is -2.48. The van der Waals surface area contributed by atoms with Crippen molar-refractivity contribution in [3.63, 3.8) is 0 Å². The number of aromatic nitrogens is 2. The Bertz CT molecular complexity index is 1260. The van der Waals surface area contributed by atoms with Gasteiger partial charge in [0, 0.05) is 33.6 Å². The number of imide groups is 1. The number of rotatable bonds is 7. The summed E-state index contributed by atoms with van der Waals surface area (Å²) >= 11 is 0. The number of benzene rings is 1. The van der Waals surface area contributed by atoms with E-state index in [2.05, 4.69) is 10.2 Å². The molecule has 2 saturated heterocycles. The Balaban J connectivity index is 1.33. The number of hydrogen-bond donors (Lipinski definition) is 1. The van der Waals surface area contributed by atoms with E-state index in [1.807, 2.05) is 39.0 Å². The zero-order chi connectivity index (χ0) is 27.6. The minimum Gasteiger partial charge on any atom is -0.444 e. The van der Waals surface area contributed by atoms with Crippen LogP contribution in [0.2, 0.25) is 0 Å². The molecule has 2 aliphatic rings. The van der Waals surface area contributed by atoms with Crippen molar-refractivity contribution in [3.05, 3.63) is 34.2 Å². The third-order valence-corrected chi connectivity index (χ3v) is 7.02. The van der Waals surface area contributed by atoms with Crippen LogP contribution in [0.3, 0.4) is 0 Å². The number of ether oxygens (including phenoxy) is 2. The molecule has 11 heteroatoms. The molecule has 1 aromatic carbocycles. The van der Waals surface area contributed by atoms with Crippen molar-refractivity contribution in [2.75, 3.05) is 39.8 Å². The summed E-state index contributed by atoms with van der Waals surface area (Å²) in [6.45, 7) is 9.12. The predicted octanol–water partition coefficient (Wildman–Crippen LogP) is 1.82. The van der Waals surface area contributed by atoms with Gasteiger partial charge in [0.2, 0.25) is 11.8 Å². The highest BCUT2D eigenvalue weighted by atomic mass is 16.6. The normalized spacial score (nSPS) is 21.0. The topological polar surface area (TPSA) is 115 Å². The lowest BCUT2D eigenvalue weighted by molar-refractivity contribution is -0.135. The molecule has 2 fully saturated rings. The van der Waals surface area contributed by atoms with Crippen LogP contribution in [0.5, 0.6) is 0 Å². The van der Waals surface area contributed by atoms with Crippen molar-refractivity contribution in [1.29, 1.82) is 0 Å². The summed E-state index contributed by atoms with van der Waals surface area (Å²) in [4.78, 5) is 53.1. The first-order valence-electron chi connectivity index (χ1n) is 13.2. The van der Waals surface area contributed by atoms with Gasteiger partial charge in [-0.2, -0.15) is 0 Å². The lowest BCUT2D eigenvalue weighted by atomic mass is 10.0. The van der Waals surface area contributed by atoms with E-state index >= 15 is 0 Å². The van der Waals surface area contributed by atoms with Gasteiger partial charge < -0.3 is 14.4 Å². The average molecular weight is 530 g/mol. The summed E-state index contributed by atoms with van der Waals surface area (Å²) in [6.07, 6.45) is 1.89. The van der Waals surface area contributed by atoms with Crippen LogP contribution >= 0.6 is 0 Å². The van der Waals surface area contributed by atoms with Crippen LogP contribution in [0, 0.1) is 0 Å². The maximum absolute atomic E-state index is 13.0. The number of piperidine rings is 1. The van der Waals surface area contributed by atoms with Gasteiger partial charge in [-0.15, -0.1) is 0 Å². The summed E-state index contributed by atoms with van der Waals surface area (Å²) in [6, 6.07) is 5.23. The Morgan fingerprint density at radius 2 is 1.97 bits per heavy atom. The molecular weight excluding hydrogens is 490 g/mol. The van der Waals surface area contributed by atoms with Gasteiger partial charge in [0.05, 0.1) is 30.3 Å². The second kappa shape index (κ2) is 11.3. The monoisotopic (exact) mass is 529 g/mol. The minimum absolute atomic E-state index is 0.0702. The number of likely N-dealkylation sites (N-methyl/N-ethyl adjacent to an activating group) is 1. The quantitative estimate of drug-likeness (QED) is 0.544. The van der Waals surface area contributed by atoms with Crippen molar-refractivity contribution in [3.8, 4) is 0 Å². The van der Waals surface area contributed by atoms with E-state index in [-0.39, 0.29) is 30.2 Å².